The Balaban J connectivity index is 1.69. The van der Waals surface area contributed by atoms with Gasteiger partial charge in [0.2, 0.25) is 0 Å². The maximum absolute atomic E-state index is 12.0. The van der Waals surface area contributed by atoms with Crippen LogP contribution in [-0.2, 0) is 24.2 Å². The molecule has 2 rings (SSSR count). The second kappa shape index (κ2) is 9.18. The topological polar surface area (TPSA) is 119 Å². The maximum atomic E-state index is 12.0. The molecule has 10 heteroatoms. The van der Waals surface area contributed by atoms with Crippen LogP contribution in [0.25, 0.3) is 0 Å². The van der Waals surface area contributed by atoms with E-state index in [0.717, 1.165) is 0 Å². The molecular formula is C17H21ClN2O6S. The molecule has 0 spiro atoms. The van der Waals surface area contributed by atoms with Gasteiger partial charge >= 0.3 is 5.97 Å². The summed E-state index contributed by atoms with van der Waals surface area (Å²) in [6.07, 6.45) is -0.798. The molecular weight excluding hydrogens is 396 g/mol. The zero-order valence-electron chi connectivity index (χ0n) is 14.7. The SMILES string of the molecule is C[C@@H](OC(=O)CCNC(=O)c1ccc(Cl)cc1)C(=O)N[C@@H]1CCS(=O)(=O)C1. The number of hydrogen-bond donors (Lipinski definition) is 2. The third-order valence-electron chi connectivity index (χ3n) is 3.98. The number of carbonyl (C=O) groups is 3. The first-order valence-corrected chi connectivity index (χ1v) is 10.6. The van der Waals surface area contributed by atoms with Crippen LogP contribution in [0.15, 0.2) is 24.3 Å². The van der Waals surface area contributed by atoms with Crippen molar-refractivity contribution in [1.29, 1.82) is 0 Å². The van der Waals surface area contributed by atoms with E-state index in [4.69, 9.17) is 16.3 Å². The van der Waals surface area contributed by atoms with Gasteiger partial charge in [0, 0.05) is 23.2 Å². The molecule has 1 fully saturated rings. The molecule has 1 aliphatic heterocycles. The number of nitrogens with one attached hydrogen (secondary N) is 2. The third-order valence-corrected chi connectivity index (χ3v) is 6.00. The van der Waals surface area contributed by atoms with Crippen LogP contribution in [0.3, 0.4) is 0 Å². The number of esters is 1. The Kier molecular flexibility index (Phi) is 7.20. The summed E-state index contributed by atoms with van der Waals surface area (Å²) in [6, 6.07) is 5.83. The Morgan fingerprint density at radius 2 is 1.93 bits per heavy atom. The number of ether oxygens (including phenoxy) is 1. The summed E-state index contributed by atoms with van der Waals surface area (Å²) in [5.41, 5.74) is 0.409. The molecule has 1 saturated heterocycles. The first-order valence-electron chi connectivity index (χ1n) is 8.40. The van der Waals surface area contributed by atoms with E-state index in [1.807, 2.05) is 0 Å². The minimum atomic E-state index is -3.11. The highest BCUT2D eigenvalue weighted by Crippen LogP contribution is 2.12. The first-order chi connectivity index (χ1) is 12.7. The molecule has 0 saturated carbocycles. The van der Waals surface area contributed by atoms with Crippen molar-refractivity contribution in [3.8, 4) is 0 Å². The molecule has 2 N–H and O–H groups in total. The Bertz CT molecular complexity index is 809. The van der Waals surface area contributed by atoms with Crippen molar-refractivity contribution in [1.82, 2.24) is 10.6 Å². The number of amides is 2. The zero-order chi connectivity index (χ0) is 20.0. The molecule has 1 aromatic rings. The fourth-order valence-electron chi connectivity index (χ4n) is 2.52. The van der Waals surface area contributed by atoms with Gasteiger partial charge in [-0.3, -0.25) is 14.4 Å². The van der Waals surface area contributed by atoms with Crippen molar-refractivity contribution < 1.29 is 27.5 Å². The van der Waals surface area contributed by atoms with E-state index < -0.39 is 33.9 Å². The molecule has 0 bridgehead atoms. The lowest BCUT2D eigenvalue weighted by Crippen LogP contribution is -2.42. The average molecular weight is 417 g/mol. The Labute approximate surface area is 162 Å². The van der Waals surface area contributed by atoms with Gasteiger partial charge in [0.25, 0.3) is 11.8 Å². The van der Waals surface area contributed by atoms with E-state index in [9.17, 15) is 22.8 Å². The van der Waals surface area contributed by atoms with Gasteiger partial charge in [-0.1, -0.05) is 11.6 Å². The molecule has 2 amide bonds. The van der Waals surface area contributed by atoms with Crippen LogP contribution >= 0.6 is 11.6 Å². The van der Waals surface area contributed by atoms with Crippen molar-refractivity contribution >= 4 is 39.2 Å². The second-order valence-corrected chi connectivity index (χ2v) is 8.92. The van der Waals surface area contributed by atoms with Gasteiger partial charge in [-0.15, -0.1) is 0 Å². The highest BCUT2D eigenvalue weighted by Gasteiger charge is 2.30. The predicted molar refractivity (Wildman–Crippen MR) is 99.2 cm³/mol. The van der Waals surface area contributed by atoms with Crippen molar-refractivity contribution in [2.45, 2.75) is 31.9 Å². The molecule has 1 aromatic carbocycles. The summed E-state index contributed by atoms with van der Waals surface area (Å²) in [6.45, 7) is 1.46. The lowest BCUT2D eigenvalue weighted by Gasteiger charge is -2.16. The van der Waals surface area contributed by atoms with E-state index >= 15 is 0 Å². The number of rotatable bonds is 7. The smallest absolute Gasteiger partial charge is 0.308 e. The fraction of sp³-hybridized carbons (Fsp3) is 0.471. The minimum Gasteiger partial charge on any atom is -0.452 e. The number of benzene rings is 1. The Morgan fingerprint density at radius 3 is 2.52 bits per heavy atom. The molecule has 0 radical (unpaired) electrons. The average Bonchev–Trinajstić information content (AvgIpc) is 2.93. The lowest BCUT2D eigenvalue weighted by molar-refractivity contribution is -0.154. The second-order valence-electron chi connectivity index (χ2n) is 6.25. The molecule has 27 heavy (non-hydrogen) atoms. The molecule has 1 heterocycles. The molecule has 148 valence electrons. The van der Waals surface area contributed by atoms with Crippen LogP contribution in [-0.4, -0.2) is 56.4 Å². The Morgan fingerprint density at radius 1 is 1.26 bits per heavy atom. The van der Waals surface area contributed by atoms with Crippen molar-refractivity contribution in [3.05, 3.63) is 34.9 Å². The van der Waals surface area contributed by atoms with Crippen LogP contribution < -0.4 is 10.6 Å². The molecule has 8 nitrogen and oxygen atoms in total. The summed E-state index contributed by atoms with van der Waals surface area (Å²) in [4.78, 5) is 35.7. The molecule has 0 aromatic heterocycles. The van der Waals surface area contributed by atoms with Gasteiger partial charge in [-0.25, -0.2) is 8.42 Å². The lowest BCUT2D eigenvalue weighted by atomic mass is 10.2. The van der Waals surface area contributed by atoms with E-state index in [0.29, 0.717) is 17.0 Å². The molecule has 0 aliphatic carbocycles. The fourth-order valence-corrected chi connectivity index (χ4v) is 4.32. The summed E-state index contributed by atoms with van der Waals surface area (Å²) in [5, 5.41) is 5.65. The normalized spacial score (nSPS) is 19.1. The third kappa shape index (κ3) is 6.84. The van der Waals surface area contributed by atoms with E-state index in [1.165, 1.54) is 6.92 Å². The molecule has 2 atom stereocenters. The number of carbonyl (C=O) groups excluding carboxylic acids is 3. The van der Waals surface area contributed by atoms with Crippen LogP contribution in [0.4, 0.5) is 0 Å². The van der Waals surface area contributed by atoms with Crippen LogP contribution in [0.1, 0.15) is 30.1 Å². The first kappa shape index (κ1) is 21.2. The molecule has 1 aliphatic rings. The maximum Gasteiger partial charge on any atom is 0.308 e. The summed E-state index contributed by atoms with van der Waals surface area (Å²) in [5.74, 6) is -1.60. The van der Waals surface area contributed by atoms with Crippen molar-refractivity contribution in [2.24, 2.45) is 0 Å². The van der Waals surface area contributed by atoms with Crippen LogP contribution in [0.5, 0.6) is 0 Å². The van der Waals surface area contributed by atoms with Crippen molar-refractivity contribution in [2.75, 3.05) is 18.1 Å². The number of hydrogen-bond acceptors (Lipinski definition) is 6. The van der Waals surface area contributed by atoms with Gasteiger partial charge < -0.3 is 15.4 Å². The quantitative estimate of drug-likeness (QED) is 0.631. The van der Waals surface area contributed by atoms with E-state index in [1.54, 1.807) is 24.3 Å². The summed E-state index contributed by atoms with van der Waals surface area (Å²) in [7, 11) is -3.11. The highest BCUT2D eigenvalue weighted by atomic mass is 35.5. The molecule has 0 unspecified atom stereocenters. The van der Waals surface area contributed by atoms with Crippen LogP contribution in [0.2, 0.25) is 5.02 Å². The number of sulfone groups is 1. The summed E-state index contributed by atoms with van der Waals surface area (Å²) < 4.78 is 27.8. The number of halogens is 1. The monoisotopic (exact) mass is 416 g/mol. The Hall–Kier alpha value is -2.13. The van der Waals surface area contributed by atoms with Gasteiger partial charge in [0.1, 0.15) is 0 Å². The van der Waals surface area contributed by atoms with Gasteiger partial charge in [-0.2, -0.15) is 0 Å². The highest BCUT2D eigenvalue weighted by molar-refractivity contribution is 7.91. The van der Waals surface area contributed by atoms with E-state index in [2.05, 4.69) is 10.6 Å². The van der Waals surface area contributed by atoms with Gasteiger partial charge in [0.15, 0.2) is 15.9 Å². The standard InChI is InChI=1S/C17H21ClN2O6S/c1-11(16(22)20-14-7-9-27(24,25)10-14)26-15(21)6-8-19-17(23)12-2-4-13(18)5-3-12/h2-5,11,14H,6-10H2,1H3,(H,19,23)(H,20,22)/t11-,14-/m1/s1. The predicted octanol–water partition coefficient (Wildman–Crippen LogP) is 0.695. The zero-order valence-corrected chi connectivity index (χ0v) is 16.3. The van der Waals surface area contributed by atoms with Gasteiger partial charge in [0.05, 0.1) is 17.9 Å². The van der Waals surface area contributed by atoms with E-state index in [-0.39, 0.29) is 30.4 Å². The minimum absolute atomic E-state index is 0.0411. The van der Waals surface area contributed by atoms with Gasteiger partial charge in [-0.05, 0) is 37.6 Å². The van der Waals surface area contributed by atoms with Crippen LogP contribution in [0, 0.1) is 0 Å². The summed E-state index contributed by atoms with van der Waals surface area (Å²) >= 11 is 5.75. The van der Waals surface area contributed by atoms with Crippen molar-refractivity contribution in [3.63, 3.8) is 0 Å². The largest absolute Gasteiger partial charge is 0.452 e.